The van der Waals surface area contributed by atoms with Gasteiger partial charge >= 0.3 is 5.97 Å². The van der Waals surface area contributed by atoms with Crippen LogP contribution in [-0.2, 0) is 9.53 Å². The van der Waals surface area contributed by atoms with Crippen LogP contribution in [0.1, 0.15) is 99.4 Å². The predicted molar refractivity (Wildman–Crippen MR) is 120 cm³/mol. The SMILES string of the molecule is Cc1cccc(OCCCCCCCCCCCOC(=O)CCCCCO)c1C=O. The number of hydrogen-bond acceptors (Lipinski definition) is 5. The molecule has 1 rings (SSSR count). The lowest BCUT2D eigenvalue weighted by atomic mass is 10.1. The van der Waals surface area contributed by atoms with E-state index in [-0.39, 0.29) is 12.6 Å². The summed E-state index contributed by atoms with van der Waals surface area (Å²) in [4.78, 5) is 22.7. The van der Waals surface area contributed by atoms with E-state index in [1.54, 1.807) is 0 Å². The Labute approximate surface area is 182 Å². The highest BCUT2D eigenvalue weighted by Crippen LogP contribution is 2.20. The number of aliphatic hydroxyl groups is 1. The largest absolute Gasteiger partial charge is 0.493 e. The highest BCUT2D eigenvalue weighted by molar-refractivity contribution is 5.81. The Morgan fingerprint density at radius 3 is 2.10 bits per heavy atom. The number of esters is 1. The van der Waals surface area contributed by atoms with E-state index in [0.29, 0.717) is 30.9 Å². The molecule has 1 aromatic rings. The van der Waals surface area contributed by atoms with Crippen molar-refractivity contribution < 1.29 is 24.2 Å². The van der Waals surface area contributed by atoms with Crippen molar-refractivity contribution in [2.45, 2.75) is 90.4 Å². The van der Waals surface area contributed by atoms with Gasteiger partial charge in [0.2, 0.25) is 0 Å². The number of aldehydes is 1. The van der Waals surface area contributed by atoms with Crippen LogP contribution < -0.4 is 4.74 Å². The van der Waals surface area contributed by atoms with Crippen LogP contribution in [0.15, 0.2) is 18.2 Å². The molecule has 0 aliphatic heterocycles. The summed E-state index contributed by atoms with van der Waals surface area (Å²) in [7, 11) is 0. The molecule has 0 aliphatic carbocycles. The molecule has 0 fully saturated rings. The fourth-order valence-electron chi connectivity index (χ4n) is 3.37. The van der Waals surface area contributed by atoms with Crippen LogP contribution >= 0.6 is 0 Å². The summed E-state index contributed by atoms with van der Waals surface area (Å²) in [5, 5.41) is 8.69. The van der Waals surface area contributed by atoms with Gasteiger partial charge in [0.05, 0.1) is 18.8 Å². The molecule has 0 saturated carbocycles. The van der Waals surface area contributed by atoms with Crippen molar-refractivity contribution in [2.75, 3.05) is 19.8 Å². The van der Waals surface area contributed by atoms with E-state index in [0.717, 1.165) is 56.8 Å². The van der Waals surface area contributed by atoms with Crippen molar-refractivity contribution in [3.8, 4) is 5.75 Å². The molecule has 170 valence electrons. The van der Waals surface area contributed by atoms with Crippen LogP contribution in [-0.4, -0.2) is 37.2 Å². The number of benzene rings is 1. The lowest BCUT2D eigenvalue weighted by Crippen LogP contribution is -2.05. The first-order valence-corrected chi connectivity index (χ1v) is 11.6. The van der Waals surface area contributed by atoms with Gasteiger partial charge in [-0.3, -0.25) is 9.59 Å². The fourth-order valence-corrected chi connectivity index (χ4v) is 3.37. The molecule has 0 amide bonds. The third kappa shape index (κ3) is 12.6. The number of unbranched alkanes of at least 4 members (excludes halogenated alkanes) is 10. The molecule has 1 aromatic carbocycles. The van der Waals surface area contributed by atoms with Crippen molar-refractivity contribution in [1.82, 2.24) is 0 Å². The first kappa shape index (κ1) is 26.2. The van der Waals surface area contributed by atoms with Gasteiger partial charge in [-0.1, -0.05) is 63.5 Å². The third-order valence-corrected chi connectivity index (χ3v) is 5.25. The molecule has 5 heteroatoms. The van der Waals surface area contributed by atoms with E-state index in [9.17, 15) is 9.59 Å². The molecule has 0 unspecified atom stereocenters. The maximum Gasteiger partial charge on any atom is 0.305 e. The van der Waals surface area contributed by atoms with Crippen LogP contribution in [0.5, 0.6) is 5.75 Å². The molecule has 0 spiro atoms. The minimum atomic E-state index is -0.110. The molecule has 0 atom stereocenters. The highest BCUT2D eigenvalue weighted by Gasteiger charge is 2.05. The summed E-state index contributed by atoms with van der Waals surface area (Å²) in [6.07, 6.45) is 14.1. The standard InChI is InChI=1S/C25H40O5/c1-22-15-14-16-24(23(22)21-27)29-19-12-7-5-3-2-4-6-8-13-20-30-25(28)17-10-9-11-18-26/h14-16,21,26H,2-13,17-20H2,1H3. The Bertz CT molecular complexity index is 585. The Morgan fingerprint density at radius 2 is 1.47 bits per heavy atom. The summed E-state index contributed by atoms with van der Waals surface area (Å²) in [5.74, 6) is 0.582. The highest BCUT2D eigenvalue weighted by atomic mass is 16.5. The van der Waals surface area contributed by atoms with Crippen LogP contribution in [0.2, 0.25) is 0 Å². The number of carbonyl (C=O) groups is 2. The Morgan fingerprint density at radius 1 is 0.867 bits per heavy atom. The topological polar surface area (TPSA) is 72.8 Å². The molecule has 1 N–H and O–H groups in total. The average Bonchev–Trinajstić information content (AvgIpc) is 2.74. The minimum absolute atomic E-state index is 0.110. The molecular formula is C25H40O5. The van der Waals surface area contributed by atoms with Crippen LogP contribution in [0.4, 0.5) is 0 Å². The Hall–Kier alpha value is -1.88. The maximum absolute atomic E-state index is 11.5. The van der Waals surface area contributed by atoms with E-state index < -0.39 is 0 Å². The van der Waals surface area contributed by atoms with Gasteiger partial charge in [0.15, 0.2) is 6.29 Å². The smallest absolute Gasteiger partial charge is 0.305 e. The number of aryl methyl sites for hydroxylation is 1. The van der Waals surface area contributed by atoms with Gasteiger partial charge in [-0.25, -0.2) is 0 Å². The summed E-state index contributed by atoms with van der Waals surface area (Å²) < 4.78 is 11.0. The van der Waals surface area contributed by atoms with E-state index in [4.69, 9.17) is 14.6 Å². The van der Waals surface area contributed by atoms with Crippen molar-refractivity contribution in [3.05, 3.63) is 29.3 Å². The van der Waals surface area contributed by atoms with E-state index in [1.807, 2.05) is 25.1 Å². The van der Waals surface area contributed by atoms with Crippen molar-refractivity contribution in [3.63, 3.8) is 0 Å². The zero-order chi connectivity index (χ0) is 21.9. The maximum atomic E-state index is 11.5. The van der Waals surface area contributed by atoms with Gasteiger partial charge in [0.25, 0.3) is 0 Å². The van der Waals surface area contributed by atoms with Crippen LogP contribution in [0, 0.1) is 6.92 Å². The van der Waals surface area contributed by atoms with Gasteiger partial charge in [-0.15, -0.1) is 0 Å². The van der Waals surface area contributed by atoms with E-state index in [1.165, 1.54) is 32.1 Å². The average molecular weight is 421 g/mol. The monoisotopic (exact) mass is 420 g/mol. The quantitative estimate of drug-likeness (QED) is 0.174. The zero-order valence-corrected chi connectivity index (χ0v) is 18.7. The molecule has 30 heavy (non-hydrogen) atoms. The Balaban J connectivity index is 1.86. The summed E-state index contributed by atoms with van der Waals surface area (Å²) in [5.41, 5.74) is 1.61. The van der Waals surface area contributed by atoms with Gasteiger partial charge in [0, 0.05) is 13.0 Å². The zero-order valence-electron chi connectivity index (χ0n) is 18.7. The van der Waals surface area contributed by atoms with Crippen molar-refractivity contribution in [2.24, 2.45) is 0 Å². The summed E-state index contributed by atoms with van der Waals surface area (Å²) in [6.45, 7) is 3.31. The van der Waals surface area contributed by atoms with Gasteiger partial charge in [-0.05, 0) is 44.2 Å². The van der Waals surface area contributed by atoms with E-state index >= 15 is 0 Å². The van der Waals surface area contributed by atoms with Gasteiger partial charge in [0.1, 0.15) is 5.75 Å². The fraction of sp³-hybridized carbons (Fsp3) is 0.680. The summed E-state index contributed by atoms with van der Waals surface area (Å²) in [6, 6.07) is 5.70. The number of carbonyl (C=O) groups excluding carboxylic acids is 2. The molecule has 0 aromatic heterocycles. The van der Waals surface area contributed by atoms with Crippen molar-refractivity contribution in [1.29, 1.82) is 0 Å². The summed E-state index contributed by atoms with van der Waals surface area (Å²) >= 11 is 0. The third-order valence-electron chi connectivity index (χ3n) is 5.25. The Kier molecular flexibility index (Phi) is 15.6. The van der Waals surface area contributed by atoms with Crippen molar-refractivity contribution >= 4 is 12.3 Å². The molecule has 0 saturated heterocycles. The lowest BCUT2D eigenvalue weighted by Gasteiger charge is -2.10. The first-order valence-electron chi connectivity index (χ1n) is 11.6. The predicted octanol–water partition coefficient (Wildman–Crippen LogP) is 5.79. The van der Waals surface area contributed by atoms with Crippen LogP contribution in [0.25, 0.3) is 0 Å². The van der Waals surface area contributed by atoms with E-state index in [2.05, 4.69) is 0 Å². The minimum Gasteiger partial charge on any atom is -0.493 e. The molecular weight excluding hydrogens is 380 g/mol. The second-order valence-electron chi connectivity index (χ2n) is 7.89. The molecule has 0 aliphatic rings. The molecule has 0 radical (unpaired) electrons. The lowest BCUT2D eigenvalue weighted by molar-refractivity contribution is -0.143. The molecule has 0 bridgehead atoms. The molecule has 5 nitrogen and oxygen atoms in total. The second-order valence-corrected chi connectivity index (χ2v) is 7.89. The van der Waals surface area contributed by atoms with Gasteiger partial charge in [-0.2, -0.15) is 0 Å². The van der Waals surface area contributed by atoms with Crippen LogP contribution in [0.3, 0.4) is 0 Å². The number of aliphatic hydroxyl groups excluding tert-OH is 1. The molecule has 0 heterocycles. The van der Waals surface area contributed by atoms with Gasteiger partial charge < -0.3 is 14.6 Å². The second kappa shape index (κ2) is 17.9. The number of rotatable bonds is 19. The normalized spacial score (nSPS) is 10.7. The first-order chi connectivity index (χ1) is 14.7. The number of hydrogen-bond donors (Lipinski definition) is 1. The number of ether oxygens (including phenoxy) is 2.